The first-order chi connectivity index (χ1) is 8.48. The van der Waals surface area contributed by atoms with E-state index < -0.39 is 5.97 Å². The van der Waals surface area contributed by atoms with E-state index in [0.29, 0.717) is 11.2 Å². The molecule has 1 unspecified atom stereocenters. The summed E-state index contributed by atoms with van der Waals surface area (Å²) in [6, 6.07) is 1.76. The number of nitrogens with one attached hydrogen (secondary N) is 1. The van der Waals surface area contributed by atoms with E-state index in [0.717, 1.165) is 19.3 Å². The Morgan fingerprint density at radius 2 is 2.33 bits per heavy atom. The van der Waals surface area contributed by atoms with Crippen LogP contribution in [0.15, 0.2) is 12.3 Å². The van der Waals surface area contributed by atoms with Gasteiger partial charge in [-0.05, 0) is 30.7 Å². The molecule has 1 fully saturated rings. The van der Waals surface area contributed by atoms with Crippen LogP contribution < -0.4 is 5.32 Å². The molecule has 5 heteroatoms. The van der Waals surface area contributed by atoms with Crippen molar-refractivity contribution in [1.82, 2.24) is 10.2 Å². The molecule has 1 heterocycles. The molecule has 0 radical (unpaired) electrons. The van der Waals surface area contributed by atoms with Crippen LogP contribution in [0.4, 0.5) is 5.82 Å². The summed E-state index contributed by atoms with van der Waals surface area (Å²) in [6.45, 7) is 4.49. The predicted octanol–water partition coefficient (Wildman–Crippen LogP) is 2.56. The molecule has 0 aliphatic heterocycles. The zero-order chi connectivity index (χ0) is 13.2. The van der Waals surface area contributed by atoms with E-state index in [1.807, 2.05) is 0 Å². The molecule has 1 aliphatic carbocycles. The quantitative estimate of drug-likeness (QED) is 0.861. The molecule has 2 N–H and O–H groups in total. The lowest BCUT2D eigenvalue weighted by atomic mass is 9.75. The number of aromatic carboxylic acids is 1. The van der Waals surface area contributed by atoms with Crippen molar-refractivity contribution >= 4 is 11.8 Å². The Morgan fingerprint density at radius 3 is 3.00 bits per heavy atom. The maximum Gasteiger partial charge on any atom is 0.339 e. The Balaban J connectivity index is 2.12. The summed E-state index contributed by atoms with van der Waals surface area (Å²) < 4.78 is 0. The van der Waals surface area contributed by atoms with Crippen LogP contribution in [0, 0.1) is 5.41 Å². The van der Waals surface area contributed by atoms with Crippen molar-refractivity contribution in [2.45, 2.75) is 45.6 Å². The molecule has 0 bridgehead atoms. The first-order valence-electron chi connectivity index (χ1n) is 6.29. The van der Waals surface area contributed by atoms with Gasteiger partial charge in [0.25, 0.3) is 0 Å². The van der Waals surface area contributed by atoms with Crippen LogP contribution in [0.3, 0.4) is 0 Å². The van der Waals surface area contributed by atoms with Gasteiger partial charge in [0.2, 0.25) is 0 Å². The van der Waals surface area contributed by atoms with Gasteiger partial charge >= 0.3 is 5.97 Å². The maximum absolute atomic E-state index is 11.1. The molecule has 1 saturated carbocycles. The van der Waals surface area contributed by atoms with Crippen molar-refractivity contribution in [1.29, 1.82) is 0 Å². The fraction of sp³-hybridized carbons (Fsp3) is 0.615. The van der Waals surface area contributed by atoms with Crippen LogP contribution >= 0.6 is 0 Å². The first-order valence-corrected chi connectivity index (χ1v) is 6.29. The fourth-order valence-corrected chi connectivity index (χ4v) is 2.63. The standard InChI is InChI=1S/C13H19N3O2/c1-13(2)6-3-4-9(8-13)15-11-10(12(17)18)5-7-14-16-11/h5,7,9H,3-4,6,8H2,1-2H3,(H,15,16)(H,17,18). The number of aromatic nitrogens is 2. The van der Waals surface area contributed by atoms with Crippen LogP contribution in [-0.4, -0.2) is 27.3 Å². The van der Waals surface area contributed by atoms with Crippen molar-refractivity contribution < 1.29 is 9.90 Å². The minimum Gasteiger partial charge on any atom is -0.478 e. The summed E-state index contributed by atoms with van der Waals surface area (Å²) in [4.78, 5) is 11.1. The third-order valence-corrected chi connectivity index (χ3v) is 3.50. The molecular weight excluding hydrogens is 230 g/mol. The Kier molecular flexibility index (Phi) is 3.50. The molecule has 1 aliphatic rings. The monoisotopic (exact) mass is 249 g/mol. The van der Waals surface area contributed by atoms with E-state index >= 15 is 0 Å². The van der Waals surface area contributed by atoms with Gasteiger partial charge < -0.3 is 10.4 Å². The number of rotatable bonds is 3. The van der Waals surface area contributed by atoms with Gasteiger partial charge in [0, 0.05) is 6.04 Å². The van der Waals surface area contributed by atoms with E-state index in [1.165, 1.54) is 18.7 Å². The van der Waals surface area contributed by atoms with E-state index in [2.05, 4.69) is 29.4 Å². The molecule has 0 saturated heterocycles. The molecule has 98 valence electrons. The Labute approximate surface area is 107 Å². The maximum atomic E-state index is 11.1. The van der Waals surface area contributed by atoms with Crippen molar-refractivity contribution in [2.24, 2.45) is 5.41 Å². The number of carboxylic acid groups (broad SMARTS) is 1. The lowest BCUT2D eigenvalue weighted by Crippen LogP contribution is -2.32. The SMILES string of the molecule is CC1(C)CCCC(Nc2nnccc2C(=O)O)C1. The van der Waals surface area contributed by atoms with Crippen molar-refractivity contribution in [2.75, 3.05) is 5.32 Å². The normalized spacial score (nSPS) is 22.4. The average molecular weight is 249 g/mol. The van der Waals surface area contributed by atoms with Gasteiger partial charge in [-0.25, -0.2) is 4.79 Å². The number of hydrogen-bond acceptors (Lipinski definition) is 4. The average Bonchev–Trinajstić information content (AvgIpc) is 2.28. The second-order valence-corrected chi connectivity index (χ2v) is 5.70. The largest absolute Gasteiger partial charge is 0.478 e. The van der Waals surface area contributed by atoms with Crippen LogP contribution in [0.5, 0.6) is 0 Å². The summed E-state index contributed by atoms with van der Waals surface area (Å²) in [5.74, 6) is -0.588. The highest BCUT2D eigenvalue weighted by Crippen LogP contribution is 2.36. The van der Waals surface area contributed by atoms with Gasteiger partial charge in [-0.15, -0.1) is 5.10 Å². The van der Waals surface area contributed by atoms with Gasteiger partial charge in [0.05, 0.1) is 6.20 Å². The molecule has 0 amide bonds. The smallest absolute Gasteiger partial charge is 0.339 e. The van der Waals surface area contributed by atoms with Gasteiger partial charge in [-0.2, -0.15) is 5.10 Å². The molecule has 1 atom stereocenters. The Bertz CT molecular complexity index is 446. The van der Waals surface area contributed by atoms with Gasteiger partial charge in [-0.3, -0.25) is 0 Å². The highest BCUT2D eigenvalue weighted by molar-refractivity contribution is 5.92. The zero-order valence-corrected chi connectivity index (χ0v) is 10.8. The van der Waals surface area contributed by atoms with Gasteiger partial charge in [-0.1, -0.05) is 20.3 Å². The molecule has 0 aromatic carbocycles. The van der Waals surface area contributed by atoms with E-state index in [1.54, 1.807) is 0 Å². The molecule has 18 heavy (non-hydrogen) atoms. The summed E-state index contributed by atoms with van der Waals surface area (Å²) in [6.07, 6.45) is 5.87. The van der Waals surface area contributed by atoms with Crippen molar-refractivity contribution in [3.63, 3.8) is 0 Å². The third-order valence-electron chi connectivity index (χ3n) is 3.50. The highest BCUT2D eigenvalue weighted by atomic mass is 16.4. The molecule has 1 aromatic rings. The van der Waals surface area contributed by atoms with Crippen LogP contribution in [0.1, 0.15) is 49.9 Å². The molecule has 1 aromatic heterocycles. The number of carboxylic acids is 1. The summed E-state index contributed by atoms with van der Waals surface area (Å²) >= 11 is 0. The minimum atomic E-state index is -0.970. The molecule has 2 rings (SSSR count). The predicted molar refractivity (Wildman–Crippen MR) is 68.7 cm³/mol. The minimum absolute atomic E-state index is 0.188. The van der Waals surface area contributed by atoms with Crippen LogP contribution in [-0.2, 0) is 0 Å². The van der Waals surface area contributed by atoms with Gasteiger partial charge in [0.1, 0.15) is 5.56 Å². The van der Waals surface area contributed by atoms with Crippen molar-refractivity contribution in [3.05, 3.63) is 17.8 Å². The fourth-order valence-electron chi connectivity index (χ4n) is 2.63. The lowest BCUT2D eigenvalue weighted by Gasteiger charge is -2.35. The summed E-state index contributed by atoms with van der Waals surface area (Å²) in [5.41, 5.74) is 0.495. The highest BCUT2D eigenvalue weighted by Gasteiger charge is 2.28. The summed E-state index contributed by atoms with van der Waals surface area (Å²) in [5, 5.41) is 20.0. The second kappa shape index (κ2) is 4.92. The Hall–Kier alpha value is -1.65. The molecule has 0 spiro atoms. The Morgan fingerprint density at radius 1 is 1.56 bits per heavy atom. The number of anilines is 1. The topological polar surface area (TPSA) is 75.1 Å². The number of nitrogens with zero attached hydrogens (tertiary/aromatic N) is 2. The first kappa shape index (κ1) is 12.8. The number of hydrogen-bond donors (Lipinski definition) is 2. The third kappa shape index (κ3) is 2.97. The molecular formula is C13H19N3O2. The van der Waals surface area contributed by atoms with Crippen molar-refractivity contribution in [3.8, 4) is 0 Å². The van der Waals surface area contributed by atoms with E-state index in [9.17, 15) is 4.79 Å². The van der Waals surface area contributed by atoms with Crippen LogP contribution in [0.2, 0.25) is 0 Å². The number of carbonyl (C=O) groups is 1. The summed E-state index contributed by atoms with van der Waals surface area (Å²) in [7, 11) is 0. The van der Waals surface area contributed by atoms with Crippen LogP contribution in [0.25, 0.3) is 0 Å². The lowest BCUT2D eigenvalue weighted by molar-refractivity contribution is 0.0697. The molecule has 5 nitrogen and oxygen atoms in total. The van der Waals surface area contributed by atoms with E-state index in [4.69, 9.17) is 5.11 Å². The van der Waals surface area contributed by atoms with Gasteiger partial charge in [0.15, 0.2) is 5.82 Å². The van der Waals surface area contributed by atoms with E-state index in [-0.39, 0.29) is 11.6 Å². The second-order valence-electron chi connectivity index (χ2n) is 5.70. The zero-order valence-electron chi connectivity index (χ0n) is 10.8.